The van der Waals surface area contributed by atoms with E-state index in [1.807, 2.05) is 5.51 Å². The molecule has 3 rings (SSSR count). The van der Waals surface area contributed by atoms with Crippen LogP contribution < -0.4 is 5.32 Å². The summed E-state index contributed by atoms with van der Waals surface area (Å²) in [6.07, 6.45) is 5.51. The SMILES string of the molecule is CN1CCC(N2CCCC(C(=O)NCCc3cscn3)C2)CC1. The Balaban J connectivity index is 1.43. The first-order chi connectivity index (χ1) is 11.2. The predicted octanol–water partition coefficient (Wildman–Crippen LogP) is 1.61. The Morgan fingerprint density at radius 2 is 2.17 bits per heavy atom. The largest absolute Gasteiger partial charge is 0.355 e. The molecule has 5 nitrogen and oxygen atoms in total. The van der Waals surface area contributed by atoms with Gasteiger partial charge in [-0.25, -0.2) is 4.98 Å². The topological polar surface area (TPSA) is 48.5 Å². The highest BCUT2D eigenvalue weighted by Crippen LogP contribution is 2.23. The zero-order valence-electron chi connectivity index (χ0n) is 14.0. The quantitative estimate of drug-likeness (QED) is 0.887. The van der Waals surface area contributed by atoms with Gasteiger partial charge in [0.1, 0.15) is 0 Å². The molecule has 3 heterocycles. The van der Waals surface area contributed by atoms with Crippen molar-refractivity contribution in [2.45, 2.75) is 38.1 Å². The van der Waals surface area contributed by atoms with Crippen LogP contribution in [0.5, 0.6) is 0 Å². The van der Waals surface area contributed by atoms with Crippen LogP contribution in [0.3, 0.4) is 0 Å². The summed E-state index contributed by atoms with van der Waals surface area (Å²) in [5.74, 6) is 0.400. The zero-order chi connectivity index (χ0) is 16.1. The van der Waals surface area contributed by atoms with Gasteiger partial charge in [0.25, 0.3) is 0 Å². The first kappa shape index (κ1) is 16.9. The van der Waals surface area contributed by atoms with Gasteiger partial charge in [0, 0.05) is 30.9 Å². The number of hydrogen-bond donors (Lipinski definition) is 1. The Kier molecular flexibility index (Phi) is 6.02. The van der Waals surface area contributed by atoms with Gasteiger partial charge in [-0.1, -0.05) is 0 Å². The number of likely N-dealkylation sites (tertiary alicyclic amines) is 2. The maximum Gasteiger partial charge on any atom is 0.224 e. The van der Waals surface area contributed by atoms with E-state index < -0.39 is 0 Å². The third-order valence-electron chi connectivity index (χ3n) is 5.19. The highest BCUT2D eigenvalue weighted by atomic mass is 32.1. The molecule has 1 aromatic heterocycles. The predicted molar refractivity (Wildman–Crippen MR) is 93.6 cm³/mol. The maximum atomic E-state index is 12.4. The molecule has 0 bridgehead atoms. The van der Waals surface area contributed by atoms with E-state index in [0.29, 0.717) is 12.6 Å². The Morgan fingerprint density at radius 3 is 2.91 bits per heavy atom. The first-order valence-electron chi connectivity index (χ1n) is 8.80. The maximum absolute atomic E-state index is 12.4. The molecule has 1 atom stereocenters. The molecular weight excluding hydrogens is 308 g/mol. The molecule has 1 aromatic rings. The molecule has 2 aliphatic rings. The summed E-state index contributed by atoms with van der Waals surface area (Å²) < 4.78 is 0. The molecule has 23 heavy (non-hydrogen) atoms. The lowest BCUT2D eigenvalue weighted by Gasteiger charge is -2.41. The summed E-state index contributed by atoms with van der Waals surface area (Å²) in [5.41, 5.74) is 2.92. The smallest absolute Gasteiger partial charge is 0.224 e. The summed E-state index contributed by atoms with van der Waals surface area (Å²) in [7, 11) is 2.20. The number of hydrogen-bond acceptors (Lipinski definition) is 5. The number of carbonyl (C=O) groups is 1. The molecule has 0 saturated carbocycles. The van der Waals surface area contributed by atoms with Gasteiger partial charge < -0.3 is 10.2 Å². The summed E-state index contributed by atoms with van der Waals surface area (Å²) in [6.45, 7) is 5.18. The van der Waals surface area contributed by atoms with Crippen molar-refractivity contribution in [3.05, 3.63) is 16.6 Å². The minimum atomic E-state index is 0.166. The third-order valence-corrected chi connectivity index (χ3v) is 5.83. The van der Waals surface area contributed by atoms with Crippen LogP contribution in [0.15, 0.2) is 10.9 Å². The lowest BCUT2D eigenvalue weighted by atomic mass is 9.93. The summed E-state index contributed by atoms with van der Waals surface area (Å²) in [5, 5.41) is 5.16. The average Bonchev–Trinajstić information content (AvgIpc) is 3.09. The van der Waals surface area contributed by atoms with Gasteiger partial charge in [-0.15, -0.1) is 11.3 Å². The van der Waals surface area contributed by atoms with Gasteiger partial charge in [-0.05, 0) is 52.4 Å². The molecule has 2 saturated heterocycles. The fraction of sp³-hybridized carbons (Fsp3) is 0.765. The molecule has 1 N–H and O–H groups in total. The van der Waals surface area contributed by atoms with Crippen molar-refractivity contribution < 1.29 is 4.79 Å². The van der Waals surface area contributed by atoms with Crippen molar-refractivity contribution in [1.29, 1.82) is 0 Å². The summed E-state index contributed by atoms with van der Waals surface area (Å²) in [4.78, 5) is 21.7. The van der Waals surface area contributed by atoms with Gasteiger partial charge in [0.05, 0.1) is 17.1 Å². The van der Waals surface area contributed by atoms with Crippen LogP contribution >= 0.6 is 11.3 Å². The van der Waals surface area contributed by atoms with Gasteiger partial charge in [0.2, 0.25) is 5.91 Å². The number of carbonyl (C=O) groups excluding carboxylic acids is 1. The van der Waals surface area contributed by atoms with Crippen LogP contribution in [0.25, 0.3) is 0 Å². The molecule has 6 heteroatoms. The number of nitrogens with zero attached hydrogens (tertiary/aromatic N) is 3. The molecule has 2 aliphatic heterocycles. The second kappa shape index (κ2) is 8.22. The number of nitrogens with one attached hydrogen (secondary N) is 1. The van der Waals surface area contributed by atoms with Crippen molar-refractivity contribution >= 4 is 17.2 Å². The van der Waals surface area contributed by atoms with Gasteiger partial charge in [-0.2, -0.15) is 0 Å². The normalized spacial score (nSPS) is 24.7. The molecule has 1 unspecified atom stereocenters. The van der Waals surface area contributed by atoms with Gasteiger partial charge >= 0.3 is 0 Å². The lowest BCUT2D eigenvalue weighted by molar-refractivity contribution is -0.127. The lowest BCUT2D eigenvalue weighted by Crippen LogP contribution is -2.50. The van der Waals surface area contributed by atoms with Crippen LogP contribution in [0.4, 0.5) is 0 Å². The van der Waals surface area contributed by atoms with Crippen LogP contribution in [-0.2, 0) is 11.2 Å². The highest BCUT2D eigenvalue weighted by molar-refractivity contribution is 7.07. The zero-order valence-corrected chi connectivity index (χ0v) is 14.9. The number of aromatic nitrogens is 1. The Morgan fingerprint density at radius 1 is 1.35 bits per heavy atom. The average molecular weight is 337 g/mol. The van der Waals surface area contributed by atoms with Crippen LogP contribution in [0.1, 0.15) is 31.4 Å². The van der Waals surface area contributed by atoms with E-state index in [1.165, 1.54) is 25.9 Å². The molecule has 0 aliphatic carbocycles. The third kappa shape index (κ3) is 4.75. The number of rotatable bonds is 5. The molecular formula is C17H28N4OS. The van der Waals surface area contributed by atoms with E-state index in [-0.39, 0.29) is 11.8 Å². The van der Waals surface area contributed by atoms with E-state index in [9.17, 15) is 4.79 Å². The molecule has 2 fully saturated rings. The monoisotopic (exact) mass is 336 g/mol. The van der Waals surface area contributed by atoms with E-state index in [2.05, 4.69) is 32.5 Å². The summed E-state index contributed by atoms with van der Waals surface area (Å²) >= 11 is 1.61. The second-order valence-electron chi connectivity index (χ2n) is 6.89. The summed E-state index contributed by atoms with van der Waals surface area (Å²) in [6, 6.07) is 0.678. The molecule has 128 valence electrons. The minimum Gasteiger partial charge on any atom is -0.355 e. The van der Waals surface area contributed by atoms with E-state index in [4.69, 9.17) is 0 Å². The molecule has 0 radical (unpaired) electrons. The Bertz CT molecular complexity index is 485. The van der Waals surface area contributed by atoms with Crippen LogP contribution in [-0.4, -0.2) is 66.5 Å². The Labute approximate surface area is 143 Å². The molecule has 1 amide bonds. The van der Waals surface area contributed by atoms with E-state index >= 15 is 0 Å². The second-order valence-corrected chi connectivity index (χ2v) is 7.61. The number of piperidine rings is 2. The van der Waals surface area contributed by atoms with Crippen molar-refractivity contribution in [2.24, 2.45) is 5.92 Å². The van der Waals surface area contributed by atoms with Crippen LogP contribution in [0.2, 0.25) is 0 Å². The van der Waals surface area contributed by atoms with E-state index in [0.717, 1.165) is 38.0 Å². The number of amides is 1. The molecule has 0 aromatic carbocycles. The van der Waals surface area contributed by atoms with Crippen LogP contribution in [0, 0.1) is 5.92 Å². The van der Waals surface area contributed by atoms with Gasteiger partial charge in [-0.3, -0.25) is 9.69 Å². The number of thiazole rings is 1. The van der Waals surface area contributed by atoms with Crippen molar-refractivity contribution in [3.8, 4) is 0 Å². The van der Waals surface area contributed by atoms with Crippen molar-refractivity contribution in [1.82, 2.24) is 20.1 Å². The minimum absolute atomic E-state index is 0.166. The first-order valence-corrected chi connectivity index (χ1v) is 9.74. The standard InChI is InChI=1S/C17H28N4OS/c1-20-9-5-16(6-10-20)21-8-2-3-14(11-21)17(22)18-7-4-15-12-23-13-19-15/h12-14,16H,2-11H2,1H3,(H,18,22). The highest BCUT2D eigenvalue weighted by Gasteiger charge is 2.30. The van der Waals surface area contributed by atoms with Gasteiger partial charge in [0.15, 0.2) is 0 Å². The fourth-order valence-electron chi connectivity index (χ4n) is 3.73. The Hall–Kier alpha value is -0.980. The fourth-order valence-corrected chi connectivity index (χ4v) is 4.32. The van der Waals surface area contributed by atoms with Crippen molar-refractivity contribution in [3.63, 3.8) is 0 Å². The molecule has 0 spiro atoms. The van der Waals surface area contributed by atoms with E-state index in [1.54, 1.807) is 11.3 Å². The van der Waals surface area contributed by atoms with Crippen molar-refractivity contribution in [2.75, 3.05) is 39.8 Å².